The minimum Gasteiger partial charge on any atom is -0.306 e. The molecule has 0 aliphatic rings. The predicted molar refractivity (Wildman–Crippen MR) is 89.3 cm³/mol. The second kappa shape index (κ2) is 6.96. The quantitative estimate of drug-likeness (QED) is 0.554. The Morgan fingerprint density at radius 2 is 1.75 bits per heavy atom. The van der Waals surface area contributed by atoms with Crippen LogP contribution in [0.15, 0.2) is 30.2 Å². The van der Waals surface area contributed by atoms with Crippen LogP contribution in [-0.2, 0) is 0 Å². The number of hydrogen-bond donors (Lipinski definition) is 1. The normalized spacial score (nSPS) is 12.7. The van der Waals surface area contributed by atoms with E-state index in [1.807, 2.05) is 13.0 Å². The molecule has 1 unspecified atom stereocenters. The zero-order valence-electron chi connectivity index (χ0n) is 10.3. The zero-order valence-corrected chi connectivity index (χ0v) is 15.9. The lowest BCUT2D eigenvalue weighted by molar-refractivity contribution is 0.509. The first kappa shape index (κ1) is 16.5. The average molecular weight is 490 g/mol. The van der Waals surface area contributed by atoms with Crippen LogP contribution < -0.4 is 5.32 Å². The minimum absolute atomic E-state index is 0.0288. The van der Waals surface area contributed by atoms with Gasteiger partial charge in [-0.05, 0) is 62.2 Å². The van der Waals surface area contributed by atoms with Gasteiger partial charge in [0.15, 0.2) is 0 Å². The van der Waals surface area contributed by atoms with E-state index in [0.717, 1.165) is 13.1 Å². The molecule has 1 nitrogen and oxygen atoms in total. The van der Waals surface area contributed by atoms with E-state index in [4.69, 9.17) is 0 Å². The van der Waals surface area contributed by atoms with Gasteiger partial charge in [0.2, 0.25) is 0 Å². The Morgan fingerprint density at radius 1 is 1.15 bits per heavy atom. The Hall–Kier alpha value is 0.180. The summed E-state index contributed by atoms with van der Waals surface area (Å²) in [4.78, 5) is 0. The molecule has 0 amide bonds. The summed E-state index contributed by atoms with van der Waals surface area (Å²) >= 11 is 11.4. The van der Waals surface area contributed by atoms with Crippen LogP contribution in [0.1, 0.15) is 24.1 Å². The topological polar surface area (TPSA) is 12.0 Å². The van der Waals surface area contributed by atoms with Crippen molar-refractivity contribution in [3.8, 4) is 0 Å². The number of thiophene rings is 1. The fraction of sp³-hybridized carbons (Fsp3) is 0.231. The zero-order chi connectivity index (χ0) is 14.9. The van der Waals surface area contributed by atoms with Gasteiger partial charge < -0.3 is 5.32 Å². The van der Waals surface area contributed by atoms with Crippen LogP contribution in [0.4, 0.5) is 8.78 Å². The Balaban J connectivity index is 2.57. The van der Waals surface area contributed by atoms with Crippen molar-refractivity contribution in [2.75, 3.05) is 6.54 Å². The molecule has 0 saturated carbocycles. The van der Waals surface area contributed by atoms with Crippen molar-refractivity contribution < 1.29 is 8.78 Å². The summed E-state index contributed by atoms with van der Waals surface area (Å²) in [5.41, 5.74) is 0.838. The van der Waals surface area contributed by atoms with Gasteiger partial charge in [0.25, 0.3) is 0 Å². The molecule has 1 atom stereocenters. The van der Waals surface area contributed by atoms with Crippen LogP contribution in [0.3, 0.4) is 0 Å². The van der Waals surface area contributed by atoms with Gasteiger partial charge in [-0.2, -0.15) is 0 Å². The molecular weight excluding hydrogens is 480 g/mol. The summed E-state index contributed by atoms with van der Waals surface area (Å²) < 4.78 is 30.5. The lowest BCUT2D eigenvalue weighted by Crippen LogP contribution is -2.24. The Labute approximate surface area is 145 Å². The summed E-state index contributed by atoms with van der Waals surface area (Å²) in [5.74, 6) is -1.14. The van der Waals surface area contributed by atoms with E-state index in [-0.39, 0.29) is 5.56 Å². The van der Waals surface area contributed by atoms with Crippen LogP contribution in [0.5, 0.6) is 0 Å². The lowest BCUT2D eigenvalue weighted by atomic mass is 10.00. The smallest absolute Gasteiger partial charge is 0.132 e. The molecule has 7 heteroatoms. The summed E-state index contributed by atoms with van der Waals surface area (Å²) in [5, 5.41) is 3.13. The minimum atomic E-state index is -0.572. The number of rotatable bonds is 4. The Morgan fingerprint density at radius 3 is 2.20 bits per heavy atom. The molecule has 0 radical (unpaired) electrons. The van der Waals surface area contributed by atoms with Crippen molar-refractivity contribution in [1.82, 2.24) is 5.32 Å². The molecule has 1 aromatic carbocycles. The van der Waals surface area contributed by atoms with Crippen molar-refractivity contribution in [2.24, 2.45) is 0 Å². The summed E-state index contributed by atoms with van der Waals surface area (Å²) in [6.07, 6.45) is 0. The molecular formula is C13H10Br3F2NS. The first-order valence-electron chi connectivity index (χ1n) is 5.76. The first-order valence-corrected chi connectivity index (χ1v) is 8.96. The van der Waals surface area contributed by atoms with E-state index in [1.165, 1.54) is 23.5 Å². The molecule has 0 aliphatic heterocycles. The third-order valence-electron chi connectivity index (χ3n) is 2.73. The highest BCUT2D eigenvalue weighted by Gasteiger charge is 2.25. The number of benzene rings is 1. The van der Waals surface area contributed by atoms with Gasteiger partial charge in [0, 0.05) is 10.0 Å². The highest BCUT2D eigenvalue weighted by atomic mass is 79.9. The largest absolute Gasteiger partial charge is 0.306 e. The highest BCUT2D eigenvalue weighted by molar-refractivity contribution is 9.12. The summed E-state index contributed by atoms with van der Waals surface area (Å²) in [7, 11) is 0. The predicted octanol–water partition coefficient (Wildman–Crippen LogP) is 6.01. The SMILES string of the molecule is CCNC(c1cc(Br)sc1Br)c1c(F)cc(Br)cc1F. The maximum absolute atomic E-state index is 14.2. The van der Waals surface area contributed by atoms with Crippen molar-refractivity contribution >= 4 is 59.1 Å². The first-order chi connectivity index (χ1) is 9.43. The van der Waals surface area contributed by atoms with Crippen molar-refractivity contribution in [3.63, 3.8) is 0 Å². The third kappa shape index (κ3) is 3.50. The van der Waals surface area contributed by atoms with Gasteiger partial charge in [-0.3, -0.25) is 0 Å². The van der Waals surface area contributed by atoms with Crippen LogP contribution >= 0.6 is 59.1 Å². The summed E-state index contributed by atoms with van der Waals surface area (Å²) in [6, 6.07) is 3.88. The molecule has 0 saturated heterocycles. The Kier molecular flexibility index (Phi) is 5.76. The highest BCUT2D eigenvalue weighted by Crippen LogP contribution is 2.39. The average Bonchev–Trinajstić information content (AvgIpc) is 2.66. The van der Waals surface area contributed by atoms with Crippen molar-refractivity contribution in [2.45, 2.75) is 13.0 Å². The maximum Gasteiger partial charge on any atom is 0.132 e. The fourth-order valence-corrected chi connectivity index (χ4v) is 5.25. The molecule has 1 N–H and O–H groups in total. The molecule has 20 heavy (non-hydrogen) atoms. The second-order valence-electron chi connectivity index (χ2n) is 4.05. The van der Waals surface area contributed by atoms with Gasteiger partial charge in [-0.25, -0.2) is 8.78 Å². The molecule has 2 rings (SSSR count). The number of hydrogen-bond acceptors (Lipinski definition) is 2. The summed E-state index contributed by atoms with van der Waals surface area (Å²) in [6.45, 7) is 2.50. The molecule has 108 valence electrons. The van der Waals surface area contributed by atoms with Gasteiger partial charge in [-0.1, -0.05) is 22.9 Å². The molecule has 0 spiro atoms. The molecule has 0 aliphatic carbocycles. The molecule has 0 bridgehead atoms. The van der Waals surface area contributed by atoms with E-state index in [2.05, 4.69) is 53.1 Å². The molecule has 1 heterocycles. The maximum atomic E-state index is 14.2. The molecule has 1 aromatic heterocycles. The number of halogens is 5. The Bertz CT molecular complexity index is 607. The van der Waals surface area contributed by atoms with E-state index >= 15 is 0 Å². The van der Waals surface area contributed by atoms with Crippen molar-refractivity contribution in [1.29, 1.82) is 0 Å². The van der Waals surface area contributed by atoms with E-state index < -0.39 is 17.7 Å². The van der Waals surface area contributed by atoms with Crippen LogP contribution in [0.25, 0.3) is 0 Å². The van der Waals surface area contributed by atoms with Crippen molar-refractivity contribution in [3.05, 3.63) is 53.0 Å². The third-order valence-corrected chi connectivity index (χ3v) is 5.58. The van der Waals surface area contributed by atoms with Gasteiger partial charge in [0.05, 0.1) is 13.6 Å². The van der Waals surface area contributed by atoms with Crippen LogP contribution in [-0.4, -0.2) is 6.54 Å². The monoisotopic (exact) mass is 487 g/mol. The lowest BCUT2D eigenvalue weighted by Gasteiger charge is -2.19. The van der Waals surface area contributed by atoms with Gasteiger partial charge >= 0.3 is 0 Å². The van der Waals surface area contributed by atoms with E-state index in [1.54, 1.807) is 0 Å². The second-order valence-corrected chi connectivity index (χ2v) is 8.72. The number of nitrogens with one attached hydrogen (secondary N) is 1. The standard InChI is InChI=1S/C13H10Br3F2NS/c1-2-19-12(7-5-10(15)20-13(7)16)11-8(17)3-6(14)4-9(11)18/h3-5,12,19H,2H2,1H3. The molecule has 2 aromatic rings. The molecule has 0 fully saturated rings. The fourth-order valence-electron chi connectivity index (χ4n) is 1.95. The van der Waals surface area contributed by atoms with E-state index in [0.29, 0.717) is 11.0 Å². The van der Waals surface area contributed by atoms with Gasteiger partial charge in [0.1, 0.15) is 11.6 Å². The van der Waals surface area contributed by atoms with Crippen LogP contribution in [0.2, 0.25) is 0 Å². The van der Waals surface area contributed by atoms with Crippen LogP contribution in [0, 0.1) is 11.6 Å². The van der Waals surface area contributed by atoms with Gasteiger partial charge in [-0.15, -0.1) is 11.3 Å². The van der Waals surface area contributed by atoms with E-state index in [9.17, 15) is 8.78 Å².